The molecule has 4 aromatic heterocycles. The lowest BCUT2D eigenvalue weighted by Crippen LogP contribution is -2.17. The van der Waals surface area contributed by atoms with Gasteiger partial charge in [-0.1, -0.05) is 48.5 Å². The highest BCUT2D eigenvalue weighted by atomic mass is 32.1. The number of carbonyl (C=O) groups is 2. The van der Waals surface area contributed by atoms with Crippen molar-refractivity contribution in [1.29, 1.82) is 0 Å². The molecular weight excluding hydrogens is 560 g/mol. The van der Waals surface area contributed by atoms with Crippen LogP contribution in [0.5, 0.6) is 0 Å². The molecule has 4 heterocycles. The molecule has 0 saturated carbocycles. The van der Waals surface area contributed by atoms with Crippen LogP contribution in [0.3, 0.4) is 0 Å². The quantitative estimate of drug-likeness (QED) is 0.234. The van der Waals surface area contributed by atoms with Gasteiger partial charge in [-0.3, -0.25) is 14.3 Å². The summed E-state index contributed by atoms with van der Waals surface area (Å²) < 4.78 is 31.0. The van der Waals surface area contributed by atoms with Crippen LogP contribution < -0.4 is 11.1 Å². The molecule has 0 unspecified atom stereocenters. The van der Waals surface area contributed by atoms with Crippen LogP contribution in [0.25, 0.3) is 38.3 Å². The number of halogens is 2. The number of thiophene rings is 1. The van der Waals surface area contributed by atoms with E-state index in [1.807, 2.05) is 60.7 Å². The van der Waals surface area contributed by atoms with Gasteiger partial charge in [-0.15, -0.1) is 11.3 Å². The molecule has 12 heteroatoms. The van der Waals surface area contributed by atoms with E-state index in [1.54, 1.807) is 35.7 Å². The zero-order valence-electron chi connectivity index (χ0n) is 22.4. The molecule has 0 atom stereocenters. The van der Waals surface area contributed by atoms with Crippen LogP contribution in [0, 0.1) is 6.92 Å². The normalized spacial score (nSPS) is 11.4. The molecular formula is C30H23F2N7O2S. The minimum absolute atomic E-state index is 0.0169. The number of primary amides is 1. The molecule has 42 heavy (non-hydrogen) atoms. The summed E-state index contributed by atoms with van der Waals surface area (Å²) in [6.07, 6.45) is 0.286. The molecule has 0 fully saturated rings. The number of amides is 2. The lowest BCUT2D eigenvalue weighted by Gasteiger charge is -2.11. The number of hydrogen-bond donors (Lipinski definition) is 2. The van der Waals surface area contributed by atoms with Crippen molar-refractivity contribution in [3.8, 4) is 28.1 Å². The van der Waals surface area contributed by atoms with Crippen molar-refractivity contribution in [2.75, 3.05) is 5.32 Å². The topological polar surface area (TPSA) is 121 Å². The van der Waals surface area contributed by atoms with Gasteiger partial charge >= 0.3 is 0 Å². The number of aromatic nitrogens is 5. The average molecular weight is 584 g/mol. The maximum atomic E-state index is 14.0. The molecule has 0 saturated heterocycles. The van der Waals surface area contributed by atoms with Gasteiger partial charge in [0.05, 0.1) is 23.1 Å². The summed E-state index contributed by atoms with van der Waals surface area (Å²) in [5.41, 5.74) is 9.04. The van der Waals surface area contributed by atoms with E-state index in [9.17, 15) is 18.4 Å². The van der Waals surface area contributed by atoms with Crippen LogP contribution >= 0.6 is 11.3 Å². The molecule has 210 valence electrons. The molecule has 2 aromatic carbocycles. The molecule has 0 aliphatic carbocycles. The molecule has 2 amide bonds. The fraction of sp³-hybridized carbons (Fsp3) is 0.100. The maximum Gasteiger partial charge on any atom is 0.280 e. The van der Waals surface area contributed by atoms with Crippen molar-refractivity contribution in [3.05, 3.63) is 101 Å². The summed E-state index contributed by atoms with van der Waals surface area (Å²) in [4.78, 5) is 30.8. The number of nitrogens with zero attached hydrogens (tertiary/aromatic N) is 5. The van der Waals surface area contributed by atoms with Crippen molar-refractivity contribution in [2.24, 2.45) is 12.8 Å². The molecule has 0 spiro atoms. The van der Waals surface area contributed by atoms with Crippen molar-refractivity contribution in [1.82, 2.24) is 24.5 Å². The standard InChI is InChI=1S/C30H23F2N7O2S/c1-16-20(14-34-38(16)2)19-13-22(27(31)32)35-30-23(19)25(26(42-30)28(33)40)36-29(41)21-15-39(18-11-7-4-8-12-18)37-24(21)17-9-5-3-6-10-17/h3-15,27H,1-2H3,(H2,33,40)(H,36,41). The van der Waals surface area contributed by atoms with Gasteiger partial charge in [0.2, 0.25) is 0 Å². The molecule has 3 N–H and O–H groups in total. The largest absolute Gasteiger partial charge is 0.365 e. The minimum Gasteiger partial charge on any atom is -0.365 e. The van der Waals surface area contributed by atoms with E-state index in [0.29, 0.717) is 33.5 Å². The maximum absolute atomic E-state index is 14.0. The Kier molecular flexibility index (Phi) is 6.83. The highest BCUT2D eigenvalue weighted by molar-refractivity contribution is 7.21. The van der Waals surface area contributed by atoms with Gasteiger partial charge in [-0.25, -0.2) is 18.4 Å². The zero-order valence-corrected chi connectivity index (χ0v) is 23.2. The first-order chi connectivity index (χ1) is 20.2. The van der Waals surface area contributed by atoms with E-state index in [0.717, 1.165) is 17.0 Å². The van der Waals surface area contributed by atoms with Gasteiger partial charge in [-0.05, 0) is 30.7 Å². The number of nitrogens with two attached hydrogens (primary N) is 1. The number of carbonyl (C=O) groups excluding carboxylic acids is 2. The monoisotopic (exact) mass is 583 g/mol. The Morgan fingerprint density at radius 3 is 2.33 bits per heavy atom. The number of anilines is 1. The predicted molar refractivity (Wildman–Crippen MR) is 157 cm³/mol. The number of para-hydroxylation sites is 1. The number of pyridine rings is 1. The number of alkyl halides is 2. The average Bonchev–Trinajstić information content (AvgIpc) is 3.69. The molecule has 6 aromatic rings. The molecule has 9 nitrogen and oxygen atoms in total. The Morgan fingerprint density at radius 1 is 1.02 bits per heavy atom. The summed E-state index contributed by atoms with van der Waals surface area (Å²) in [7, 11) is 1.73. The second-order valence-electron chi connectivity index (χ2n) is 9.50. The van der Waals surface area contributed by atoms with Gasteiger partial charge in [0.1, 0.15) is 21.1 Å². The highest BCUT2D eigenvalue weighted by Gasteiger charge is 2.28. The molecule has 6 rings (SSSR count). The third-order valence-corrected chi connectivity index (χ3v) is 8.02. The summed E-state index contributed by atoms with van der Waals surface area (Å²) in [6.45, 7) is 1.79. The summed E-state index contributed by atoms with van der Waals surface area (Å²) in [5, 5.41) is 12.1. The van der Waals surface area contributed by atoms with Crippen LogP contribution in [-0.2, 0) is 7.05 Å². The SMILES string of the molecule is Cc1c(-c2cc(C(F)F)nc3sc(C(N)=O)c(NC(=O)c4cn(-c5ccccc5)nc4-c4ccccc4)c23)cnn1C. The van der Waals surface area contributed by atoms with Gasteiger partial charge in [0, 0.05) is 35.5 Å². The fourth-order valence-electron chi connectivity index (χ4n) is 4.74. The predicted octanol–water partition coefficient (Wildman–Crippen LogP) is 6.15. The van der Waals surface area contributed by atoms with Crippen LogP contribution in [0.15, 0.2) is 79.1 Å². The van der Waals surface area contributed by atoms with Crippen LogP contribution in [0.1, 0.15) is 37.8 Å². The van der Waals surface area contributed by atoms with Gasteiger partial charge in [0.15, 0.2) is 0 Å². The van der Waals surface area contributed by atoms with E-state index < -0.39 is 23.9 Å². The fourth-order valence-corrected chi connectivity index (χ4v) is 5.75. The smallest absolute Gasteiger partial charge is 0.280 e. The Hall–Kier alpha value is -5.23. The second-order valence-corrected chi connectivity index (χ2v) is 10.5. The van der Waals surface area contributed by atoms with Gasteiger partial charge in [-0.2, -0.15) is 10.2 Å². The minimum atomic E-state index is -2.86. The van der Waals surface area contributed by atoms with E-state index in [-0.39, 0.29) is 21.0 Å². The lowest BCUT2D eigenvalue weighted by molar-refractivity contribution is 0.100. The third-order valence-electron chi connectivity index (χ3n) is 6.92. The molecule has 0 radical (unpaired) electrons. The molecule has 0 aliphatic rings. The Morgan fingerprint density at radius 2 is 1.71 bits per heavy atom. The van der Waals surface area contributed by atoms with E-state index in [4.69, 9.17) is 10.8 Å². The lowest BCUT2D eigenvalue weighted by atomic mass is 10.0. The van der Waals surface area contributed by atoms with Crippen molar-refractivity contribution in [2.45, 2.75) is 13.3 Å². The number of fused-ring (bicyclic) bond motifs is 1. The summed E-state index contributed by atoms with van der Waals surface area (Å²) >= 11 is 0.843. The number of rotatable bonds is 7. The van der Waals surface area contributed by atoms with Crippen molar-refractivity contribution in [3.63, 3.8) is 0 Å². The number of benzene rings is 2. The third kappa shape index (κ3) is 4.71. The number of aryl methyl sites for hydroxylation is 1. The van der Waals surface area contributed by atoms with Crippen LogP contribution in [0.2, 0.25) is 0 Å². The highest BCUT2D eigenvalue weighted by Crippen LogP contribution is 2.43. The van der Waals surface area contributed by atoms with Gasteiger partial charge in [0.25, 0.3) is 18.2 Å². The van der Waals surface area contributed by atoms with E-state index in [2.05, 4.69) is 15.4 Å². The zero-order chi connectivity index (χ0) is 29.5. The number of nitrogens with one attached hydrogen (secondary N) is 1. The van der Waals surface area contributed by atoms with E-state index in [1.165, 1.54) is 6.07 Å². The first kappa shape index (κ1) is 27.0. The Bertz CT molecular complexity index is 1960. The summed E-state index contributed by atoms with van der Waals surface area (Å²) in [6, 6.07) is 19.8. The van der Waals surface area contributed by atoms with Crippen molar-refractivity contribution < 1.29 is 18.4 Å². The Labute approximate surface area is 242 Å². The first-order valence-corrected chi connectivity index (χ1v) is 13.6. The van der Waals surface area contributed by atoms with E-state index >= 15 is 0 Å². The summed E-state index contributed by atoms with van der Waals surface area (Å²) in [5.74, 6) is -1.39. The number of hydrogen-bond acceptors (Lipinski definition) is 6. The van der Waals surface area contributed by atoms with Crippen LogP contribution in [0.4, 0.5) is 14.5 Å². The van der Waals surface area contributed by atoms with Crippen molar-refractivity contribution >= 4 is 39.1 Å². The first-order valence-electron chi connectivity index (χ1n) is 12.8. The second kappa shape index (κ2) is 10.6. The van der Waals surface area contributed by atoms with Gasteiger partial charge < -0.3 is 11.1 Å². The Balaban J connectivity index is 1.54. The molecule has 0 bridgehead atoms. The molecule has 0 aliphatic heterocycles. The van der Waals surface area contributed by atoms with Crippen LogP contribution in [-0.4, -0.2) is 36.4 Å².